The second kappa shape index (κ2) is 13.1. The van der Waals surface area contributed by atoms with Crippen molar-refractivity contribution in [3.8, 4) is 22.3 Å². The molecule has 2 heterocycles. The molecule has 0 N–H and O–H groups in total. The van der Waals surface area contributed by atoms with Crippen LogP contribution in [0.25, 0.3) is 62.6 Å². The molecule has 1 nitrogen and oxygen atoms in total. The zero-order chi connectivity index (χ0) is 38.2. The summed E-state index contributed by atoms with van der Waals surface area (Å²) in [5.74, 6) is 0. The Morgan fingerprint density at radius 1 is 0.362 bits per heavy atom. The van der Waals surface area contributed by atoms with Crippen LogP contribution in [0.2, 0.25) is 0 Å². The van der Waals surface area contributed by atoms with E-state index in [1.165, 1.54) is 96.2 Å². The second-order valence-corrected chi connectivity index (χ2v) is 17.3. The van der Waals surface area contributed by atoms with Crippen molar-refractivity contribution < 1.29 is 0 Å². The maximum absolute atomic E-state index is 2.54. The highest BCUT2D eigenvalue weighted by Gasteiger charge is 2.47. The second-order valence-electron chi connectivity index (χ2n) is 15.2. The van der Waals surface area contributed by atoms with E-state index < -0.39 is 5.41 Å². The van der Waals surface area contributed by atoms with Crippen LogP contribution in [0, 0.1) is 0 Å². The van der Waals surface area contributed by atoms with E-state index in [2.05, 4.69) is 217 Å². The van der Waals surface area contributed by atoms with Gasteiger partial charge in [-0.05, 0) is 87.5 Å². The minimum Gasteiger partial charge on any atom is -0.308 e. The number of rotatable bonds is 6. The largest absolute Gasteiger partial charge is 0.308 e. The van der Waals surface area contributed by atoms with Gasteiger partial charge in [-0.3, -0.25) is 0 Å². The van der Waals surface area contributed by atoms with Crippen molar-refractivity contribution in [2.24, 2.45) is 0 Å². The van der Waals surface area contributed by atoms with Crippen LogP contribution in [0.15, 0.2) is 212 Å². The molecule has 0 amide bonds. The highest BCUT2D eigenvalue weighted by molar-refractivity contribution is 7.26. The van der Waals surface area contributed by atoms with Crippen molar-refractivity contribution in [1.82, 2.24) is 0 Å². The number of hydrogen-bond acceptors (Lipinski definition) is 3. The van der Waals surface area contributed by atoms with Gasteiger partial charge in [0, 0.05) is 46.9 Å². The fourth-order valence-corrected chi connectivity index (χ4v) is 12.0. The molecule has 3 heteroatoms. The first-order valence-corrected chi connectivity index (χ1v) is 21.5. The van der Waals surface area contributed by atoms with E-state index in [0.29, 0.717) is 0 Å². The van der Waals surface area contributed by atoms with E-state index in [9.17, 15) is 0 Å². The quantitative estimate of drug-likeness (QED) is 0.163. The van der Waals surface area contributed by atoms with E-state index in [-0.39, 0.29) is 0 Å². The third kappa shape index (κ3) is 4.87. The Morgan fingerprint density at radius 2 is 0.931 bits per heavy atom. The average molecular weight is 774 g/mol. The number of benzene rings is 9. The molecule has 0 atom stereocenters. The molecule has 12 rings (SSSR count). The first-order chi connectivity index (χ1) is 28.8. The molecular formula is C55H35NS2. The smallest absolute Gasteiger partial charge is 0.0714 e. The summed E-state index contributed by atoms with van der Waals surface area (Å²) < 4.78 is 5.22. The maximum atomic E-state index is 2.54. The number of hydrogen-bond donors (Lipinski definition) is 0. The van der Waals surface area contributed by atoms with Crippen molar-refractivity contribution in [3.05, 3.63) is 235 Å². The summed E-state index contributed by atoms with van der Waals surface area (Å²) in [5.41, 5.74) is 13.0. The van der Waals surface area contributed by atoms with Gasteiger partial charge in [-0.1, -0.05) is 164 Å². The van der Waals surface area contributed by atoms with Crippen LogP contribution in [0.4, 0.5) is 17.1 Å². The van der Waals surface area contributed by atoms with Crippen LogP contribution in [0.3, 0.4) is 0 Å². The molecule has 0 spiro atoms. The van der Waals surface area contributed by atoms with E-state index in [1.807, 2.05) is 22.7 Å². The molecule has 0 bridgehead atoms. The van der Waals surface area contributed by atoms with Gasteiger partial charge >= 0.3 is 0 Å². The van der Waals surface area contributed by atoms with Crippen molar-refractivity contribution in [1.29, 1.82) is 0 Å². The van der Waals surface area contributed by atoms with Gasteiger partial charge in [0.15, 0.2) is 0 Å². The minimum atomic E-state index is -0.500. The Balaban J connectivity index is 1.15. The predicted molar refractivity (Wildman–Crippen MR) is 250 cm³/mol. The molecule has 272 valence electrons. The van der Waals surface area contributed by atoms with Gasteiger partial charge in [0.05, 0.1) is 21.5 Å². The predicted octanol–water partition coefficient (Wildman–Crippen LogP) is 15.9. The molecular weight excluding hydrogens is 739 g/mol. The molecule has 0 aliphatic heterocycles. The van der Waals surface area contributed by atoms with E-state index in [4.69, 9.17) is 0 Å². The summed E-state index contributed by atoms with van der Waals surface area (Å²) in [7, 11) is 0. The van der Waals surface area contributed by atoms with E-state index in [0.717, 1.165) is 5.69 Å². The Bertz CT molecular complexity index is 3320. The van der Waals surface area contributed by atoms with Gasteiger partial charge in [-0.25, -0.2) is 0 Å². The molecule has 1 aliphatic rings. The Hall–Kier alpha value is -6.78. The molecule has 58 heavy (non-hydrogen) atoms. The standard InChI is InChI=1S/C55H35NS2/c1-3-17-38(18-4-1)55(39-19-5-2-6-20-39)46-26-10-7-24-44(46)53-47(55)27-15-28-48(53)56(49-29-14-25-43-41-22-8-12-31-51(41)58-54(43)49)40-21-13-16-36(34-40)37-32-33-52-45(35-37)42-23-9-11-30-50(42)57-52/h1-35H. The van der Waals surface area contributed by atoms with Gasteiger partial charge in [0.25, 0.3) is 0 Å². The molecule has 1 aliphatic carbocycles. The fourth-order valence-electron chi connectivity index (χ4n) is 9.71. The van der Waals surface area contributed by atoms with Crippen LogP contribution >= 0.6 is 22.7 Å². The maximum Gasteiger partial charge on any atom is 0.0714 e. The van der Waals surface area contributed by atoms with Crippen molar-refractivity contribution in [2.45, 2.75) is 5.41 Å². The van der Waals surface area contributed by atoms with Crippen molar-refractivity contribution in [2.75, 3.05) is 4.90 Å². The van der Waals surface area contributed by atoms with Crippen LogP contribution in [-0.4, -0.2) is 0 Å². The lowest BCUT2D eigenvalue weighted by Crippen LogP contribution is -2.28. The Labute approximate surface area is 345 Å². The lowest BCUT2D eigenvalue weighted by atomic mass is 9.68. The summed E-state index contributed by atoms with van der Waals surface area (Å²) in [6, 6.07) is 78.8. The lowest BCUT2D eigenvalue weighted by Gasteiger charge is -2.34. The molecule has 0 saturated carbocycles. The first-order valence-electron chi connectivity index (χ1n) is 19.8. The molecule has 9 aromatic carbocycles. The zero-order valence-electron chi connectivity index (χ0n) is 31.5. The third-order valence-electron chi connectivity index (χ3n) is 12.1. The summed E-state index contributed by atoms with van der Waals surface area (Å²) in [5, 5.41) is 5.21. The molecule has 0 saturated heterocycles. The van der Waals surface area contributed by atoms with Gasteiger partial charge in [0.1, 0.15) is 0 Å². The highest BCUT2D eigenvalue weighted by Crippen LogP contribution is 2.60. The van der Waals surface area contributed by atoms with Crippen LogP contribution < -0.4 is 4.90 Å². The molecule has 2 aromatic heterocycles. The van der Waals surface area contributed by atoms with Gasteiger partial charge in [-0.2, -0.15) is 0 Å². The fraction of sp³-hybridized carbons (Fsp3) is 0.0182. The topological polar surface area (TPSA) is 3.24 Å². The molecule has 0 fully saturated rings. The van der Waals surface area contributed by atoms with Crippen LogP contribution in [0.5, 0.6) is 0 Å². The third-order valence-corrected chi connectivity index (χ3v) is 14.5. The molecule has 11 aromatic rings. The lowest BCUT2D eigenvalue weighted by molar-refractivity contribution is 0.768. The van der Waals surface area contributed by atoms with Crippen LogP contribution in [0.1, 0.15) is 22.3 Å². The van der Waals surface area contributed by atoms with Crippen molar-refractivity contribution in [3.63, 3.8) is 0 Å². The van der Waals surface area contributed by atoms with Crippen LogP contribution in [-0.2, 0) is 5.41 Å². The minimum absolute atomic E-state index is 0.500. The Kier molecular flexibility index (Phi) is 7.56. The summed E-state index contributed by atoms with van der Waals surface area (Å²) >= 11 is 3.75. The van der Waals surface area contributed by atoms with Gasteiger partial charge in [-0.15, -0.1) is 22.7 Å². The summed E-state index contributed by atoms with van der Waals surface area (Å²) in [6.07, 6.45) is 0. The van der Waals surface area contributed by atoms with E-state index in [1.54, 1.807) is 0 Å². The summed E-state index contributed by atoms with van der Waals surface area (Å²) in [6.45, 7) is 0. The number of nitrogens with zero attached hydrogens (tertiary/aromatic N) is 1. The van der Waals surface area contributed by atoms with Crippen molar-refractivity contribution >= 4 is 80.1 Å². The molecule has 0 radical (unpaired) electrons. The number of anilines is 3. The average Bonchev–Trinajstić information content (AvgIpc) is 3.96. The number of thiophene rings is 2. The van der Waals surface area contributed by atoms with Gasteiger partial charge < -0.3 is 4.90 Å². The SMILES string of the molecule is c1ccc(C2(c3ccccc3)c3ccccc3-c3c(N(c4cccc(-c5ccc6sc7ccccc7c6c5)c4)c4cccc5c4sc4ccccc45)cccc32)cc1. The summed E-state index contributed by atoms with van der Waals surface area (Å²) in [4.78, 5) is 2.54. The monoisotopic (exact) mass is 773 g/mol. The first kappa shape index (κ1) is 33.4. The van der Waals surface area contributed by atoms with Gasteiger partial charge in [0.2, 0.25) is 0 Å². The Morgan fingerprint density at radius 3 is 1.72 bits per heavy atom. The number of fused-ring (bicyclic) bond motifs is 9. The normalized spacial score (nSPS) is 13.0. The molecule has 0 unspecified atom stereocenters. The van der Waals surface area contributed by atoms with E-state index >= 15 is 0 Å². The highest BCUT2D eigenvalue weighted by atomic mass is 32.1. The zero-order valence-corrected chi connectivity index (χ0v) is 33.1.